The van der Waals surface area contributed by atoms with E-state index in [0.717, 1.165) is 0 Å². The van der Waals surface area contributed by atoms with Gasteiger partial charge in [-0.25, -0.2) is 19.6 Å². The number of amides is 2. The van der Waals surface area contributed by atoms with E-state index >= 15 is 0 Å². The summed E-state index contributed by atoms with van der Waals surface area (Å²) >= 11 is 34.6. The lowest BCUT2D eigenvalue weighted by Gasteiger charge is -2.48. The van der Waals surface area contributed by atoms with E-state index in [2.05, 4.69) is 0 Å². The van der Waals surface area contributed by atoms with Crippen LogP contribution in [0.3, 0.4) is 0 Å². The molecule has 188 valence electrons. The highest BCUT2D eigenvalue weighted by molar-refractivity contribution is 6.68. The zero-order chi connectivity index (χ0) is 24.3. The Hall–Kier alpha value is 0.200. The number of rotatable bonds is 2. The van der Waals surface area contributed by atoms with E-state index in [1.165, 1.54) is 10.0 Å². The van der Waals surface area contributed by atoms with Crippen LogP contribution in [0.5, 0.6) is 0 Å². The van der Waals surface area contributed by atoms with Crippen LogP contribution in [0.1, 0.15) is 45.4 Å². The smallest absolute Gasteiger partial charge is 0.429 e. The number of carbonyl (C=O) groups is 2. The fourth-order valence-electron chi connectivity index (χ4n) is 6.00. The lowest BCUT2D eigenvalue weighted by Crippen LogP contribution is -2.59. The molecule has 2 atom stereocenters. The molecule has 8 nitrogen and oxygen atoms in total. The molecule has 4 aliphatic rings. The molecule has 2 aliphatic carbocycles. The molecule has 33 heavy (non-hydrogen) atoms. The van der Waals surface area contributed by atoms with Gasteiger partial charge in [0.15, 0.2) is 5.79 Å². The normalized spacial score (nSPS) is 30.3. The number of nitrogens with zero attached hydrogens (tertiary/aromatic N) is 2. The molecule has 0 N–H and O–H groups in total. The molecule has 0 aromatic carbocycles. The molecule has 2 bridgehead atoms. The zero-order valence-corrected chi connectivity index (χ0v) is 22.3. The van der Waals surface area contributed by atoms with Gasteiger partial charge >= 0.3 is 12.2 Å². The van der Waals surface area contributed by atoms with Crippen molar-refractivity contribution in [2.24, 2.45) is 5.41 Å². The van der Waals surface area contributed by atoms with Gasteiger partial charge in [0.1, 0.15) is 13.2 Å². The predicted octanol–water partition coefficient (Wildman–Crippen LogP) is 5.76. The molecule has 0 aromatic heterocycles. The largest absolute Gasteiger partial charge is 0.444 e. The van der Waals surface area contributed by atoms with Crippen LogP contribution in [-0.2, 0) is 18.9 Å². The third kappa shape index (κ3) is 4.80. The topological polar surface area (TPSA) is 77.5 Å². The highest BCUT2D eigenvalue weighted by Gasteiger charge is 2.73. The second kappa shape index (κ2) is 8.94. The van der Waals surface area contributed by atoms with E-state index in [4.69, 9.17) is 88.6 Å². The molecule has 2 amide bonds. The second-order valence-corrected chi connectivity index (χ2v) is 14.1. The number of halogens is 6. The van der Waals surface area contributed by atoms with Crippen LogP contribution in [0.15, 0.2) is 0 Å². The van der Waals surface area contributed by atoms with Gasteiger partial charge in [0.2, 0.25) is 7.59 Å². The number of carbonyl (C=O) groups excluding carboxylic acids is 2. The monoisotopic (exact) mass is 586 g/mol. The first-order chi connectivity index (χ1) is 15.2. The summed E-state index contributed by atoms with van der Waals surface area (Å²) in [7, 11) is 0. The molecule has 2 saturated heterocycles. The first-order valence-corrected chi connectivity index (χ1v) is 12.8. The fraction of sp³-hybridized carbons (Fsp3) is 0.895. The van der Waals surface area contributed by atoms with Crippen LogP contribution in [0.25, 0.3) is 0 Å². The first kappa shape index (κ1) is 26.3. The molecule has 0 aromatic rings. The quantitative estimate of drug-likeness (QED) is 0.382. The van der Waals surface area contributed by atoms with Crippen LogP contribution in [-0.4, -0.2) is 73.6 Å². The molecule has 4 fully saturated rings. The number of ether oxygens (including phenoxy) is 4. The highest BCUT2D eigenvalue weighted by atomic mass is 35.6. The van der Waals surface area contributed by atoms with E-state index in [-0.39, 0.29) is 6.04 Å². The van der Waals surface area contributed by atoms with Gasteiger partial charge < -0.3 is 18.9 Å². The summed E-state index contributed by atoms with van der Waals surface area (Å²) in [4.78, 5) is 26.4. The zero-order valence-electron chi connectivity index (χ0n) is 17.8. The second-order valence-electron chi connectivity index (χ2n) is 9.09. The maximum Gasteiger partial charge on any atom is 0.429 e. The minimum absolute atomic E-state index is 0.329. The summed E-state index contributed by atoms with van der Waals surface area (Å²) in [6, 6.07) is -0.329. The Morgan fingerprint density at radius 3 is 1.91 bits per heavy atom. The summed E-state index contributed by atoms with van der Waals surface area (Å²) in [5.74, 6) is -0.606. The average molecular weight is 589 g/mol. The Bertz CT molecular complexity index is 789. The van der Waals surface area contributed by atoms with Crippen molar-refractivity contribution in [3.8, 4) is 0 Å². The van der Waals surface area contributed by atoms with Gasteiger partial charge in [-0.15, -0.1) is 0 Å². The summed E-state index contributed by atoms with van der Waals surface area (Å²) in [6.45, 7) is 2.09. The van der Waals surface area contributed by atoms with Gasteiger partial charge in [0.25, 0.3) is 0 Å². The van der Waals surface area contributed by atoms with Gasteiger partial charge in [-0.3, -0.25) is 0 Å². The maximum absolute atomic E-state index is 13.2. The van der Waals surface area contributed by atoms with E-state index in [1.807, 2.05) is 6.92 Å². The van der Waals surface area contributed by atoms with Crippen molar-refractivity contribution in [3.63, 3.8) is 0 Å². The summed E-state index contributed by atoms with van der Waals surface area (Å²) in [5, 5.41) is 2.58. The number of alkyl halides is 6. The lowest BCUT2D eigenvalue weighted by molar-refractivity contribution is -0.196. The minimum atomic E-state index is -1.80. The molecule has 2 unspecified atom stereocenters. The van der Waals surface area contributed by atoms with E-state index in [1.54, 1.807) is 0 Å². The number of hydrazine groups is 1. The summed E-state index contributed by atoms with van der Waals surface area (Å²) in [6.07, 6.45) is 2.35. The third-order valence-electron chi connectivity index (χ3n) is 7.39. The van der Waals surface area contributed by atoms with Crippen LogP contribution in [0, 0.1) is 5.41 Å². The predicted molar refractivity (Wildman–Crippen MR) is 124 cm³/mol. The molecule has 4 rings (SSSR count). The van der Waals surface area contributed by atoms with Crippen LogP contribution in [0.4, 0.5) is 9.59 Å². The van der Waals surface area contributed by atoms with Crippen LogP contribution < -0.4 is 0 Å². The SMILES string of the molecule is CC12CCC(N(C(=O)OCC(Cl)(Cl)Cl)N1C(=O)OCC(Cl)(Cl)Cl)C21CCC2(CC1)OCCO2. The van der Waals surface area contributed by atoms with Crippen molar-refractivity contribution in [1.29, 1.82) is 0 Å². The Kier molecular flexibility index (Phi) is 7.12. The van der Waals surface area contributed by atoms with Gasteiger partial charge in [-0.2, -0.15) is 0 Å². The van der Waals surface area contributed by atoms with Crippen molar-refractivity contribution < 1.29 is 28.5 Å². The molecule has 2 spiro atoms. The summed E-state index contributed by atoms with van der Waals surface area (Å²) < 4.78 is 18.7. The lowest BCUT2D eigenvalue weighted by atomic mass is 9.62. The Balaban J connectivity index is 1.62. The fourth-order valence-corrected chi connectivity index (χ4v) is 6.33. The van der Waals surface area contributed by atoms with Crippen molar-refractivity contribution in [1.82, 2.24) is 10.0 Å². The van der Waals surface area contributed by atoms with Gasteiger partial charge in [0, 0.05) is 18.3 Å². The number of hydrogen-bond donors (Lipinski definition) is 0. The molecule has 2 aliphatic heterocycles. The molecule has 2 saturated carbocycles. The third-order valence-corrected chi connectivity index (χ3v) is 8.04. The Morgan fingerprint density at radius 1 is 0.879 bits per heavy atom. The molecule has 0 radical (unpaired) electrons. The minimum Gasteiger partial charge on any atom is -0.444 e. The van der Waals surface area contributed by atoms with Gasteiger partial charge in [-0.1, -0.05) is 69.6 Å². The molecular formula is C19H24Cl6N2O6. The van der Waals surface area contributed by atoms with E-state index in [9.17, 15) is 9.59 Å². The van der Waals surface area contributed by atoms with Crippen molar-refractivity contribution >= 4 is 81.8 Å². The molecular weight excluding hydrogens is 565 g/mol. The molecule has 14 heteroatoms. The van der Waals surface area contributed by atoms with E-state index < -0.39 is 49.7 Å². The Morgan fingerprint density at radius 2 is 1.39 bits per heavy atom. The van der Waals surface area contributed by atoms with Crippen molar-refractivity contribution in [3.05, 3.63) is 0 Å². The standard InChI is InChI=1S/C19H24Cl6N2O6/c1-15-3-2-12(16(15)4-6-17(7-5-16)32-8-9-33-17)26(13(28)30-10-18(20,21)22)27(15)14(29)31-11-19(23,24)25/h12H,2-11H2,1H3. The maximum atomic E-state index is 13.2. The van der Waals surface area contributed by atoms with Gasteiger partial charge in [0.05, 0.1) is 24.8 Å². The number of hydrogen-bond acceptors (Lipinski definition) is 6. The summed E-state index contributed by atoms with van der Waals surface area (Å²) in [5.41, 5.74) is -1.17. The Labute approximate surface area is 221 Å². The van der Waals surface area contributed by atoms with Gasteiger partial charge in [-0.05, 0) is 32.6 Å². The van der Waals surface area contributed by atoms with E-state index in [0.29, 0.717) is 51.7 Å². The van der Waals surface area contributed by atoms with Crippen LogP contribution >= 0.6 is 69.6 Å². The van der Waals surface area contributed by atoms with Crippen molar-refractivity contribution in [2.45, 2.75) is 70.4 Å². The average Bonchev–Trinajstić information content (AvgIpc) is 3.33. The molecule has 2 heterocycles. The van der Waals surface area contributed by atoms with Crippen molar-refractivity contribution in [2.75, 3.05) is 26.4 Å². The first-order valence-electron chi connectivity index (χ1n) is 10.6. The highest BCUT2D eigenvalue weighted by Crippen LogP contribution is 2.66. The van der Waals surface area contributed by atoms with Crippen LogP contribution in [0.2, 0.25) is 0 Å².